The van der Waals surface area contributed by atoms with Crippen molar-refractivity contribution in [1.82, 2.24) is 4.90 Å². The van der Waals surface area contributed by atoms with E-state index in [2.05, 4.69) is 18.7 Å². The molecule has 0 aromatic heterocycles. The number of benzene rings is 1. The predicted molar refractivity (Wildman–Crippen MR) is 94.7 cm³/mol. The normalized spacial score (nSPS) is 20.8. The lowest BCUT2D eigenvalue weighted by atomic mass is 9.93. The molecular weight excluding hydrogens is 320 g/mol. The van der Waals surface area contributed by atoms with Crippen molar-refractivity contribution in [2.45, 2.75) is 39.2 Å². The SMILES string of the molecule is CCN(CC)c1ccc2c(c1)OC(=O)C(C(=O)N1CCC(O)CC1)C2. The number of aliphatic hydroxyl groups is 1. The van der Waals surface area contributed by atoms with Crippen molar-refractivity contribution in [3.05, 3.63) is 23.8 Å². The monoisotopic (exact) mass is 346 g/mol. The highest BCUT2D eigenvalue weighted by Gasteiger charge is 2.37. The van der Waals surface area contributed by atoms with Gasteiger partial charge in [0.25, 0.3) is 0 Å². The number of rotatable bonds is 4. The lowest BCUT2D eigenvalue weighted by Crippen LogP contribution is -2.47. The number of hydrogen-bond donors (Lipinski definition) is 1. The van der Waals surface area contributed by atoms with E-state index in [1.807, 2.05) is 18.2 Å². The van der Waals surface area contributed by atoms with Crippen LogP contribution in [0.25, 0.3) is 0 Å². The fourth-order valence-corrected chi connectivity index (χ4v) is 3.57. The van der Waals surface area contributed by atoms with Gasteiger partial charge in [-0.1, -0.05) is 6.07 Å². The fraction of sp³-hybridized carbons (Fsp3) is 0.579. The third-order valence-electron chi connectivity index (χ3n) is 5.17. The Labute approximate surface area is 148 Å². The summed E-state index contributed by atoms with van der Waals surface area (Å²) in [5.74, 6) is -0.870. The maximum absolute atomic E-state index is 12.7. The van der Waals surface area contributed by atoms with Gasteiger partial charge in [-0.05, 0) is 44.7 Å². The van der Waals surface area contributed by atoms with Crippen molar-refractivity contribution in [2.75, 3.05) is 31.1 Å². The van der Waals surface area contributed by atoms with E-state index >= 15 is 0 Å². The summed E-state index contributed by atoms with van der Waals surface area (Å²) in [5, 5.41) is 9.58. The van der Waals surface area contributed by atoms with Crippen molar-refractivity contribution < 1.29 is 19.4 Å². The van der Waals surface area contributed by atoms with Crippen LogP contribution < -0.4 is 9.64 Å². The fourth-order valence-electron chi connectivity index (χ4n) is 3.57. The second-order valence-corrected chi connectivity index (χ2v) is 6.70. The molecule has 3 rings (SSSR count). The lowest BCUT2D eigenvalue weighted by Gasteiger charge is -2.33. The van der Waals surface area contributed by atoms with E-state index in [1.54, 1.807) is 4.90 Å². The van der Waals surface area contributed by atoms with Crippen LogP contribution in [-0.2, 0) is 16.0 Å². The third-order valence-corrected chi connectivity index (χ3v) is 5.17. The minimum Gasteiger partial charge on any atom is -0.426 e. The van der Waals surface area contributed by atoms with E-state index in [9.17, 15) is 14.7 Å². The Morgan fingerprint density at radius 2 is 1.96 bits per heavy atom. The highest BCUT2D eigenvalue weighted by molar-refractivity contribution is 6.00. The van der Waals surface area contributed by atoms with E-state index < -0.39 is 11.9 Å². The van der Waals surface area contributed by atoms with Crippen LogP contribution in [0.4, 0.5) is 5.69 Å². The molecule has 2 heterocycles. The van der Waals surface area contributed by atoms with E-state index in [1.165, 1.54) is 0 Å². The summed E-state index contributed by atoms with van der Waals surface area (Å²) in [5.41, 5.74) is 1.91. The van der Waals surface area contributed by atoms with Gasteiger partial charge in [-0.3, -0.25) is 9.59 Å². The van der Waals surface area contributed by atoms with Gasteiger partial charge in [0.2, 0.25) is 5.91 Å². The molecule has 6 heteroatoms. The molecule has 25 heavy (non-hydrogen) atoms. The number of nitrogens with zero attached hydrogens (tertiary/aromatic N) is 2. The topological polar surface area (TPSA) is 70.1 Å². The first-order chi connectivity index (χ1) is 12.0. The number of likely N-dealkylation sites (tertiary alicyclic amines) is 1. The second kappa shape index (κ2) is 7.44. The number of piperidine rings is 1. The Balaban J connectivity index is 1.75. The Kier molecular flexibility index (Phi) is 5.27. The first-order valence-corrected chi connectivity index (χ1v) is 9.09. The average molecular weight is 346 g/mol. The number of aliphatic hydroxyl groups excluding tert-OH is 1. The third kappa shape index (κ3) is 3.63. The summed E-state index contributed by atoms with van der Waals surface area (Å²) in [4.78, 5) is 28.9. The molecule has 1 saturated heterocycles. The second-order valence-electron chi connectivity index (χ2n) is 6.70. The molecule has 1 atom stereocenters. The van der Waals surface area contributed by atoms with Crippen LogP contribution in [0.5, 0.6) is 5.75 Å². The number of carbonyl (C=O) groups excluding carboxylic acids is 2. The minimum atomic E-state index is -0.776. The number of amides is 1. The van der Waals surface area contributed by atoms with Gasteiger partial charge in [-0.25, -0.2) is 0 Å². The molecular formula is C19H26N2O4. The van der Waals surface area contributed by atoms with Crippen molar-refractivity contribution in [1.29, 1.82) is 0 Å². The number of esters is 1. The largest absolute Gasteiger partial charge is 0.426 e. The van der Waals surface area contributed by atoms with Crippen molar-refractivity contribution in [2.24, 2.45) is 5.92 Å². The highest BCUT2D eigenvalue weighted by Crippen LogP contribution is 2.33. The van der Waals surface area contributed by atoms with Crippen LogP contribution in [0.1, 0.15) is 32.3 Å². The Morgan fingerprint density at radius 1 is 1.28 bits per heavy atom. The molecule has 1 amide bonds. The van der Waals surface area contributed by atoms with Gasteiger partial charge in [-0.15, -0.1) is 0 Å². The van der Waals surface area contributed by atoms with E-state index in [0.717, 1.165) is 24.3 Å². The summed E-state index contributed by atoms with van der Waals surface area (Å²) in [6, 6.07) is 5.86. The molecule has 0 spiro atoms. The van der Waals surface area contributed by atoms with Crippen LogP contribution in [0.3, 0.4) is 0 Å². The summed E-state index contributed by atoms with van der Waals surface area (Å²) < 4.78 is 5.49. The highest BCUT2D eigenvalue weighted by atomic mass is 16.5. The molecule has 1 unspecified atom stereocenters. The van der Waals surface area contributed by atoms with E-state index in [4.69, 9.17) is 4.74 Å². The summed E-state index contributed by atoms with van der Waals surface area (Å²) in [7, 11) is 0. The van der Waals surface area contributed by atoms with Crippen LogP contribution in [-0.4, -0.2) is 54.2 Å². The summed E-state index contributed by atoms with van der Waals surface area (Å²) in [6.45, 7) is 6.92. The predicted octanol–water partition coefficient (Wildman–Crippen LogP) is 1.59. The zero-order chi connectivity index (χ0) is 18.0. The molecule has 2 aliphatic rings. The standard InChI is InChI=1S/C19H26N2O4/c1-3-20(4-2)14-6-5-13-11-16(19(24)25-17(13)12-14)18(23)21-9-7-15(22)8-10-21/h5-6,12,15-16,22H,3-4,7-11H2,1-2H3. The molecule has 6 nitrogen and oxygen atoms in total. The number of carbonyl (C=O) groups is 2. The summed E-state index contributed by atoms with van der Waals surface area (Å²) >= 11 is 0. The van der Waals surface area contributed by atoms with Gasteiger partial charge < -0.3 is 19.6 Å². The van der Waals surface area contributed by atoms with Crippen LogP contribution in [0.15, 0.2) is 18.2 Å². The number of ether oxygens (including phenoxy) is 1. The molecule has 0 bridgehead atoms. The van der Waals surface area contributed by atoms with Gasteiger partial charge in [0, 0.05) is 37.9 Å². The zero-order valence-corrected chi connectivity index (χ0v) is 14.9. The Hall–Kier alpha value is -2.08. The van der Waals surface area contributed by atoms with Crippen molar-refractivity contribution in [3.63, 3.8) is 0 Å². The molecule has 2 aliphatic heterocycles. The number of hydrogen-bond acceptors (Lipinski definition) is 5. The average Bonchev–Trinajstić information content (AvgIpc) is 2.62. The molecule has 0 saturated carbocycles. The van der Waals surface area contributed by atoms with Crippen LogP contribution in [0.2, 0.25) is 0 Å². The van der Waals surface area contributed by atoms with Gasteiger partial charge in [0.05, 0.1) is 6.10 Å². The molecule has 0 aliphatic carbocycles. The lowest BCUT2D eigenvalue weighted by molar-refractivity contribution is -0.151. The Bertz CT molecular complexity index is 649. The van der Waals surface area contributed by atoms with Gasteiger partial charge in [0.15, 0.2) is 0 Å². The number of anilines is 1. The van der Waals surface area contributed by atoms with Crippen molar-refractivity contribution >= 4 is 17.6 Å². The van der Waals surface area contributed by atoms with Crippen molar-refractivity contribution in [3.8, 4) is 5.75 Å². The first-order valence-electron chi connectivity index (χ1n) is 9.09. The first kappa shape index (κ1) is 17.7. The smallest absolute Gasteiger partial charge is 0.324 e. The van der Waals surface area contributed by atoms with Crippen LogP contribution in [0, 0.1) is 5.92 Å². The van der Waals surface area contributed by atoms with E-state index in [0.29, 0.717) is 38.1 Å². The molecule has 1 aromatic carbocycles. The van der Waals surface area contributed by atoms with Gasteiger partial charge >= 0.3 is 5.97 Å². The quantitative estimate of drug-likeness (QED) is 0.509. The van der Waals surface area contributed by atoms with Gasteiger partial charge in [-0.2, -0.15) is 0 Å². The van der Waals surface area contributed by atoms with Gasteiger partial charge in [0.1, 0.15) is 11.7 Å². The van der Waals surface area contributed by atoms with E-state index in [-0.39, 0.29) is 12.0 Å². The molecule has 1 N–H and O–H groups in total. The molecule has 1 aromatic rings. The Morgan fingerprint density at radius 3 is 2.60 bits per heavy atom. The maximum Gasteiger partial charge on any atom is 0.324 e. The molecule has 0 radical (unpaired) electrons. The van der Waals surface area contributed by atoms with Crippen LogP contribution >= 0.6 is 0 Å². The number of fused-ring (bicyclic) bond motifs is 1. The minimum absolute atomic E-state index is 0.185. The molecule has 136 valence electrons. The molecule has 1 fully saturated rings. The maximum atomic E-state index is 12.7. The summed E-state index contributed by atoms with van der Waals surface area (Å²) in [6.07, 6.45) is 1.17. The zero-order valence-electron chi connectivity index (χ0n) is 14.9.